The molecule has 0 saturated heterocycles. The zero-order chi connectivity index (χ0) is 9.52. The van der Waals surface area contributed by atoms with Gasteiger partial charge in [-0.3, -0.25) is 8.19 Å². The van der Waals surface area contributed by atoms with Gasteiger partial charge in [0.05, 0.1) is 0 Å². The van der Waals surface area contributed by atoms with E-state index < -0.39 is 0 Å². The van der Waals surface area contributed by atoms with Gasteiger partial charge in [-0.25, -0.2) is 6.07 Å². The second kappa shape index (κ2) is 23.4. The molecule has 19 heavy (non-hydrogen) atoms. The van der Waals surface area contributed by atoms with Crippen LogP contribution < -0.4 is 24.8 Å². The molecule has 0 aromatic carbocycles. The molecule has 4 heteroatoms. The molecule has 0 amide bonds. The van der Waals surface area contributed by atoms with Crippen LogP contribution in [-0.2, 0) is 21.7 Å². The summed E-state index contributed by atoms with van der Waals surface area (Å²) in [5.74, 6) is 5.11. The van der Waals surface area contributed by atoms with E-state index in [1.165, 1.54) is 11.1 Å². The Morgan fingerprint density at radius 1 is 1.11 bits per heavy atom. The van der Waals surface area contributed by atoms with Gasteiger partial charge in [-0.15, -0.1) is 11.6 Å². The molecule has 0 nitrogen and oxygen atoms in total. The first-order chi connectivity index (χ1) is 6.30. The molecule has 1 atom stereocenters. The summed E-state index contributed by atoms with van der Waals surface area (Å²) >= 11 is 0. The van der Waals surface area contributed by atoms with E-state index in [2.05, 4.69) is 37.6 Å². The molecule has 1 heterocycles. The standard InChI is InChI=1S/C8H9.C4H4P.3CH3.2ClH.Ti/c1-7(2)8-5-3-4-6-8;1-2-4-5-3-1;;;;;;/h3-5H,1-2H3;1-3,5H;3*1H3;2*1H;/q5*-1;;;+2/p-2. The summed E-state index contributed by atoms with van der Waals surface area (Å²) in [7, 11) is 0.823. The van der Waals surface area contributed by atoms with Crippen molar-refractivity contribution in [1.82, 2.24) is 0 Å². The molecule has 1 aliphatic carbocycles. The molecule has 2 rings (SSSR count). The molecule has 0 saturated carbocycles. The smallest absolute Gasteiger partial charge is 1.00 e. The summed E-state index contributed by atoms with van der Waals surface area (Å²) in [5.41, 5.74) is 2.56. The van der Waals surface area contributed by atoms with Crippen molar-refractivity contribution in [3.8, 4) is 0 Å². The molecule has 1 unspecified atom stereocenters. The van der Waals surface area contributed by atoms with Crippen LogP contribution in [0.1, 0.15) is 13.8 Å². The normalized spacial score (nSPS) is 9.05. The van der Waals surface area contributed by atoms with Crippen molar-refractivity contribution < 1.29 is 46.5 Å². The van der Waals surface area contributed by atoms with Gasteiger partial charge in [0.2, 0.25) is 0 Å². The van der Waals surface area contributed by atoms with Crippen molar-refractivity contribution in [3.63, 3.8) is 0 Å². The first-order valence-electron chi connectivity index (χ1n) is 4.24. The molecule has 0 aliphatic heterocycles. The maximum Gasteiger partial charge on any atom is 2.00 e. The van der Waals surface area contributed by atoms with Crippen LogP contribution in [0.15, 0.2) is 47.3 Å². The van der Waals surface area contributed by atoms with Crippen LogP contribution in [0.3, 0.4) is 0 Å². The maximum absolute atomic E-state index is 3.10. The van der Waals surface area contributed by atoms with Crippen LogP contribution in [0.2, 0.25) is 0 Å². The van der Waals surface area contributed by atoms with Crippen molar-refractivity contribution in [2.75, 3.05) is 0 Å². The Balaban J connectivity index is -0.0000000352. The monoisotopic (exact) mass is 351 g/mol. The Morgan fingerprint density at radius 2 is 1.68 bits per heavy atom. The van der Waals surface area contributed by atoms with Crippen LogP contribution in [0.4, 0.5) is 0 Å². The Hall–Kier alpha value is 0.294. The molecule has 110 valence electrons. The molecular formula is C15H22Cl2PTi-5. The van der Waals surface area contributed by atoms with Gasteiger partial charge in [0.25, 0.3) is 0 Å². The molecule has 1 aromatic rings. The van der Waals surface area contributed by atoms with Crippen LogP contribution in [0.25, 0.3) is 0 Å². The van der Waals surface area contributed by atoms with Crippen molar-refractivity contribution >= 4 is 8.19 Å². The first-order valence-corrected chi connectivity index (χ1v) is 5.32. The average Bonchev–Trinajstić information content (AvgIpc) is 2.82. The summed E-state index contributed by atoms with van der Waals surface area (Å²) in [5, 5.41) is 0. The predicted octanol–water partition coefficient (Wildman–Crippen LogP) is -0.874. The van der Waals surface area contributed by atoms with Gasteiger partial charge in [0, 0.05) is 0 Å². The second-order valence-electron chi connectivity index (χ2n) is 2.90. The zero-order valence-electron chi connectivity index (χ0n) is 12.2. The summed E-state index contributed by atoms with van der Waals surface area (Å²) < 4.78 is 0. The fourth-order valence-electron chi connectivity index (χ4n) is 0.882. The van der Waals surface area contributed by atoms with E-state index in [1.807, 2.05) is 24.3 Å². The first kappa shape index (κ1) is 36.5. The van der Waals surface area contributed by atoms with E-state index in [4.69, 9.17) is 0 Å². The topological polar surface area (TPSA) is 0 Å². The Bertz CT molecular complexity index is 293. The van der Waals surface area contributed by atoms with Gasteiger partial charge < -0.3 is 47.1 Å². The predicted molar refractivity (Wildman–Crippen MR) is 79.3 cm³/mol. The summed E-state index contributed by atoms with van der Waals surface area (Å²) in [6.07, 6.45) is 9.10. The molecule has 1 aromatic heterocycles. The van der Waals surface area contributed by atoms with Crippen molar-refractivity contribution in [1.29, 1.82) is 0 Å². The Kier molecular flexibility index (Phi) is 45.0. The van der Waals surface area contributed by atoms with Gasteiger partial charge in [0.15, 0.2) is 0 Å². The Labute approximate surface area is 149 Å². The average molecular weight is 352 g/mol. The maximum atomic E-state index is 3.10. The third kappa shape index (κ3) is 18.3. The number of hydrogen-bond donors (Lipinski definition) is 0. The number of allylic oxidation sites excluding steroid dienone is 6. The van der Waals surface area contributed by atoms with Gasteiger partial charge in [0.1, 0.15) is 0 Å². The van der Waals surface area contributed by atoms with Crippen molar-refractivity contribution in [3.05, 3.63) is 81.5 Å². The van der Waals surface area contributed by atoms with Crippen LogP contribution in [0.5, 0.6) is 0 Å². The summed E-state index contributed by atoms with van der Waals surface area (Å²) in [4.78, 5) is 0. The number of hydrogen-bond acceptors (Lipinski definition) is 0. The minimum Gasteiger partial charge on any atom is -1.00 e. The minimum atomic E-state index is 0. The molecule has 0 spiro atoms. The third-order valence-corrected chi connectivity index (χ3v) is 2.27. The SMILES string of the molecule is CC(C)=C1[C-]=CC=C1.[CH3-].[CH3-].[CH3-].[Cl-].[Cl-].[Ti+2].[c-]1ccc[pH]1. The van der Waals surface area contributed by atoms with Crippen LogP contribution in [0, 0.1) is 34.2 Å². The van der Waals surface area contributed by atoms with E-state index in [9.17, 15) is 0 Å². The summed E-state index contributed by atoms with van der Waals surface area (Å²) in [6, 6.07) is 3.96. The molecule has 0 bridgehead atoms. The second-order valence-corrected chi connectivity index (χ2v) is 3.81. The largest absolute Gasteiger partial charge is 2.00 e. The van der Waals surface area contributed by atoms with Gasteiger partial charge in [-0.05, 0) is 0 Å². The van der Waals surface area contributed by atoms with Gasteiger partial charge >= 0.3 is 21.7 Å². The molecule has 0 N–H and O–H groups in total. The van der Waals surface area contributed by atoms with Crippen LogP contribution in [-0.4, -0.2) is 0 Å². The molecular weight excluding hydrogens is 330 g/mol. The van der Waals surface area contributed by atoms with Gasteiger partial charge in [-0.1, -0.05) is 13.8 Å². The third-order valence-electron chi connectivity index (χ3n) is 1.58. The molecule has 0 radical (unpaired) electrons. The fraction of sp³-hybridized carbons (Fsp3) is 0.133. The minimum absolute atomic E-state index is 0. The zero-order valence-corrected chi connectivity index (χ0v) is 16.3. The fourth-order valence-corrected chi connectivity index (χ4v) is 1.36. The van der Waals surface area contributed by atoms with Crippen molar-refractivity contribution in [2.24, 2.45) is 0 Å². The quantitative estimate of drug-likeness (QED) is 0.421. The summed E-state index contributed by atoms with van der Waals surface area (Å²) in [6.45, 7) is 4.18. The number of rotatable bonds is 0. The van der Waals surface area contributed by atoms with Gasteiger partial charge in [-0.2, -0.15) is 41.5 Å². The van der Waals surface area contributed by atoms with E-state index in [-0.39, 0.29) is 68.8 Å². The Morgan fingerprint density at radius 3 is 1.84 bits per heavy atom. The van der Waals surface area contributed by atoms with E-state index in [0.717, 1.165) is 8.19 Å². The van der Waals surface area contributed by atoms with E-state index in [0.29, 0.717) is 0 Å². The molecule has 1 aliphatic rings. The molecule has 0 fully saturated rings. The number of halogens is 2. The van der Waals surface area contributed by atoms with Crippen LogP contribution >= 0.6 is 8.19 Å². The van der Waals surface area contributed by atoms with Crippen molar-refractivity contribution in [2.45, 2.75) is 13.8 Å². The van der Waals surface area contributed by atoms with E-state index in [1.54, 1.807) is 0 Å². The van der Waals surface area contributed by atoms with E-state index >= 15 is 0 Å².